The van der Waals surface area contributed by atoms with E-state index in [1.54, 1.807) is 0 Å². The Kier molecular flexibility index (Phi) is 9.78. The number of hydrogen-bond donors (Lipinski definition) is 0. The number of rotatable bonds is 9. The smallest absolute Gasteiger partial charge is 0.0762 e. The van der Waals surface area contributed by atoms with Crippen LogP contribution in [0.1, 0.15) is 0 Å². The molecule has 11 aromatic carbocycles. The van der Waals surface area contributed by atoms with Crippen molar-refractivity contribution in [2.75, 3.05) is 4.90 Å². The van der Waals surface area contributed by atoms with Gasteiger partial charge in [0.1, 0.15) is 0 Å². The van der Waals surface area contributed by atoms with Crippen molar-refractivity contribution < 1.29 is 0 Å². The Bertz CT molecular complexity index is 4180. The number of hydrogen-bond acceptors (Lipinski definition) is 2. The van der Waals surface area contributed by atoms with Crippen molar-refractivity contribution in [3.05, 3.63) is 273 Å². The van der Waals surface area contributed by atoms with Crippen LogP contribution in [0, 0.1) is 0 Å². The van der Waals surface area contributed by atoms with Crippen LogP contribution in [0.3, 0.4) is 0 Å². The summed E-state index contributed by atoms with van der Waals surface area (Å²) in [5.41, 5.74) is 19.4. The van der Waals surface area contributed by atoms with Crippen LogP contribution in [0.4, 0.5) is 17.1 Å². The van der Waals surface area contributed by atoms with Crippen molar-refractivity contribution in [1.29, 1.82) is 0 Å². The number of benzene rings is 11. The average Bonchev–Trinajstić information content (AvgIpc) is 4.15. The maximum Gasteiger partial charge on any atom is 0.0762 e. The molecule has 0 atom stereocenters. The quantitative estimate of drug-likeness (QED) is 0.144. The normalized spacial score (nSPS) is 11.6. The largest absolute Gasteiger partial charge is 0.311 e. The van der Waals surface area contributed by atoms with Gasteiger partial charge in [-0.25, -0.2) is 4.68 Å². The van der Waals surface area contributed by atoms with Crippen molar-refractivity contribution >= 4 is 71.6 Å². The van der Waals surface area contributed by atoms with E-state index >= 15 is 0 Å². The van der Waals surface area contributed by atoms with Crippen LogP contribution in [-0.4, -0.2) is 18.9 Å². The van der Waals surface area contributed by atoms with E-state index in [1.807, 2.05) is 6.20 Å². The molecule has 5 nitrogen and oxygen atoms in total. The Morgan fingerprint density at radius 1 is 0.264 bits per heavy atom. The maximum absolute atomic E-state index is 5.08. The Morgan fingerprint density at radius 3 is 1.22 bits per heavy atom. The maximum atomic E-state index is 5.08. The van der Waals surface area contributed by atoms with Crippen LogP contribution in [0.25, 0.3) is 105 Å². The molecule has 14 aromatic rings. The Morgan fingerprint density at radius 2 is 0.667 bits per heavy atom. The third-order valence-corrected chi connectivity index (χ3v) is 14.3. The van der Waals surface area contributed by atoms with Gasteiger partial charge in [-0.15, -0.1) is 0 Å². The van der Waals surface area contributed by atoms with E-state index in [0.29, 0.717) is 0 Å². The lowest BCUT2D eigenvalue weighted by Crippen LogP contribution is -2.09. The summed E-state index contributed by atoms with van der Waals surface area (Å²) in [5, 5.41) is 11.0. The summed E-state index contributed by atoms with van der Waals surface area (Å²) >= 11 is 0. The van der Waals surface area contributed by atoms with Crippen molar-refractivity contribution in [3.63, 3.8) is 0 Å². The molecular formula is C67H45N5. The highest BCUT2D eigenvalue weighted by atomic mass is 15.3. The second-order valence-corrected chi connectivity index (χ2v) is 18.4. The highest BCUT2D eigenvalue weighted by Gasteiger charge is 2.20. The molecule has 0 saturated heterocycles. The summed E-state index contributed by atoms with van der Waals surface area (Å²) in [6.07, 6.45) is 2.03. The molecule has 0 bridgehead atoms. The molecule has 0 unspecified atom stereocenters. The molecule has 0 saturated carbocycles. The van der Waals surface area contributed by atoms with Gasteiger partial charge in [-0.2, -0.15) is 5.10 Å². The van der Waals surface area contributed by atoms with Gasteiger partial charge in [0.05, 0.1) is 39.5 Å². The van der Waals surface area contributed by atoms with E-state index in [9.17, 15) is 0 Å². The first-order chi connectivity index (χ1) is 35.7. The summed E-state index contributed by atoms with van der Waals surface area (Å²) in [6.45, 7) is 0. The minimum Gasteiger partial charge on any atom is -0.311 e. The number of aromatic nitrogens is 4. The molecule has 0 fully saturated rings. The molecule has 0 aliphatic rings. The van der Waals surface area contributed by atoms with Crippen LogP contribution in [0.15, 0.2) is 273 Å². The van der Waals surface area contributed by atoms with E-state index < -0.39 is 0 Å². The molecule has 338 valence electrons. The monoisotopic (exact) mass is 919 g/mol. The van der Waals surface area contributed by atoms with Gasteiger partial charge >= 0.3 is 0 Å². The van der Waals surface area contributed by atoms with Gasteiger partial charge in [-0.1, -0.05) is 164 Å². The molecular weight excluding hydrogens is 875 g/mol. The molecule has 5 heteroatoms. The molecule has 14 rings (SSSR count). The molecule has 0 aliphatic heterocycles. The van der Waals surface area contributed by atoms with Gasteiger partial charge in [-0.3, -0.25) is 0 Å². The van der Waals surface area contributed by atoms with Crippen LogP contribution in [-0.2, 0) is 0 Å². The van der Waals surface area contributed by atoms with Gasteiger partial charge in [0, 0.05) is 55.4 Å². The Balaban J connectivity index is 0.798. The summed E-state index contributed by atoms with van der Waals surface area (Å²) in [5.74, 6) is 0. The van der Waals surface area contributed by atoms with E-state index in [-0.39, 0.29) is 0 Å². The number of para-hydroxylation sites is 3. The summed E-state index contributed by atoms with van der Waals surface area (Å²) < 4.78 is 6.86. The molecule has 3 aromatic heterocycles. The van der Waals surface area contributed by atoms with Crippen molar-refractivity contribution in [1.82, 2.24) is 18.9 Å². The standard InChI is InChI=1S/C67H45N5/c1-4-14-46(15-5-1)48-24-32-53(33-25-48)69(54-34-26-49(27-35-54)47-16-6-2-7-17-47)55-36-28-50(29-37-55)51-30-38-56(39-31-51)70-63-22-12-11-21-59(63)61-44-57(40-42-65(61)70)72-66-43-41-60-58-20-10-13-23-64(58)71(52-18-8-3-9-19-52)67(60)62(66)45-68-72/h1-45H. The van der Waals surface area contributed by atoms with Crippen molar-refractivity contribution in [3.8, 4) is 50.4 Å². The fourth-order valence-corrected chi connectivity index (χ4v) is 10.9. The predicted octanol–water partition coefficient (Wildman–Crippen LogP) is 17.7. The second-order valence-electron chi connectivity index (χ2n) is 18.4. The number of fused-ring (bicyclic) bond motifs is 8. The first kappa shape index (κ1) is 41.3. The molecule has 0 radical (unpaired) electrons. The highest BCUT2D eigenvalue weighted by molar-refractivity contribution is 6.18. The topological polar surface area (TPSA) is 30.9 Å². The van der Waals surface area contributed by atoms with Crippen molar-refractivity contribution in [2.45, 2.75) is 0 Å². The average molecular weight is 920 g/mol. The van der Waals surface area contributed by atoms with E-state index in [0.717, 1.165) is 67.2 Å². The Labute approximate surface area is 417 Å². The minimum atomic E-state index is 1.02. The highest BCUT2D eigenvalue weighted by Crippen LogP contribution is 2.41. The molecule has 0 spiro atoms. The Hall–Kier alpha value is -9.71. The van der Waals surface area contributed by atoms with E-state index in [2.05, 4.69) is 286 Å². The first-order valence-corrected chi connectivity index (χ1v) is 24.5. The van der Waals surface area contributed by atoms with Gasteiger partial charge in [-0.05, 0) is 137 Å². The predicted molar refractivity (Wildman–Crippen MR) is 301 cm³/mol. The lowest BCUT2D eigenvalue weighted by Gasteiger charge is -2.26. The second kappa shape index (κ2) is 17.1. The lowest BCUT2D eigenvalue weighted by atomic mass is 10.0. The molecule has 3 heterocycles. The zero-order valence-electron chi connectivity index (χ0n) is 39.2. The van der Waals surface area contributed by atoms with Crippen LogP contribution in [0.5, 0.6) is 0 Å². The third kappa shape index (κ3) is 6.90. The summed E-state index contributed by atoms with van der Waals surface area (Å²) in [7, 11) is 0. The van der Waals surface area contributed by atoms with Crippen molar-refractivity contribution in [2.24, 2.45) is 0 Å². The fourth-order valence-electron chi connectivity index (χ4n) is 10.9. The van der Waals surface area contributed by atoms with Gasteiger partial charge in [0.25, 0.3) is 0 Å². The summed E-state index contributed by atoms with van der Waals surface area (Å²) in [6, 6.07) is 96.0. The van der Waals surface area contributed by atoms with Crippen LogP contribution in [0.2, 0.25) is 0 Å². The molecule has 72 heavy (non-hydrogen) atoms. The number of nitrogens with zero attached hydrogens (tertiary/aromatic N) is 5. The van der Waals surface area contributed by atoms with Crippen LogP contribution >= 0.6 is 0 Å². The number of anilines is 3. The zero-order valence-corrected chi connectivity index (χ0v) is 39.2. The van der Waals surface area contributed by atoms with Crippen LogP contribution < -0.4 is 4.90 Å². The molecule has 0 N–H and O–H groups in total. The van der Waals surface area contributed by atoms with E-state index in [4.69, 9.17) is 5.10 Å². The third-order valence-electron chi connectivity index (χ3n) is 14.3. The van der Waals surface area contributed by atoms with Gasteiger partial charge in [0.2, 0.25) is 0 Å². The lowest BCUT2D eigenvalue weighted by molar-refractivity contribution is 0.912. The van der Waals surface area contributed by atoms with Gasteiger partial charge < -0.3 is 14.0 Å². The SMILES string of the molecule is c1ccc(-c2ccc(N(c3ccc(-c4ccccc4)cc3)c3ccc(-c4ccc(-n5c6ccccc6c6cc(-n7ncc8c7ccc7c9ccccc9n(-c9ccccc9)c78)ccc65)cc4)cc3)cc2)cc1. The molecule has 0 amide bonds. The zero-order chi connectivity index (χ0) is 47.5. The fraction of sp³-hybridized carbons (Fsp3) is 0. The van der Waals surface area contributed by atoms with Gasteiger partial charge in [0.15, 0.2) is 0 Å². The molecule has 0 aliphatic carbocycles. The summed E-state index contributed by atoms with van der Waals surface area (Å²) in [4.78, 5) is 2.34. The van der Waals surface area contributed by atoms with E-state index in [1.165, 1.54) is 54.8 Å². The first-order valence-electron chi connectivity index (χ1n) is 24.5. The minimum absolute atomic E-state index is 1.02.